The van der Waals surface area contributed by atoms with Crippen molar-refractivity contribution in [3.05, 3.63) is 60.4 Å². The van der Waals surface area contributed by atoms with Gasteiger partial charge in [-0.15, -0.1) is 5.10 Å². The Morgan fingerprint density at radius 3 is 2.31 bits per heavy atom. The summed E-state index contributed by atoms with van der Waals surface area (Å²) < 4.78 is 6.98. The smallest absolute Gasteiger partial charge is 0.412 e. The highest BCUT2D eigenvalue weighted by atomic mass is 16.6. The van der Waals surface area contributed by atoms with Crippen LogP contribution in [-0.4, -0.2) is 26.5 Å². The fraction of sp³-hybridized carbons (Fsp3) is 0.250. The molecule has 0 fully saturated rings. The first kappa shape index (κ1) is 17.7. The van der Waals surface area contributed by atoms with E-state index in [2.05, 4.69) is 15.4 Å². The third kappa shape index (κ3) is 4.47. The van der Waals surface area contributed by atoms with Gasteiger partial charge in [0, 0.05) is 11.3 Å². The van der Waals surface area contributed by atoms with Crippen LogP contribution in [0.4, 0.5) is 10.5 Å². The summed E-state index contributed by atoms with van der Waals surface area (Å²) in [5.41, 5.74) is 3.14. The molecule has 2 aromatic carbocycles. The lowest BCUT2D eigenvalue weighted by Gasteiger charge is -2.19. The zero-order valence-electron chi connectivity index (χ0n) is 15.4. The number of nitrogens with zero attached hydrogens (tertiary/aromatic N) is 3. The molecule has 0 aliphatic carbocycles. The average Bonchev–Trinajstić information content (AvgIpc) is 3.04. The maximum atomic E-state index is 11.8. The summed E-state index contributed by atoms with van der Waals surface area (Å²) in [6.45, 7) is 7.52. The molecule has 1 aromatic heterocycles. The number of nitrogens with one attached hydrogen (secondary N) is 1. The molecule has 134 valence electrons. The van der Waals surface area contributed by atoms with Crippen molar-refractivity contribution in [3.8, 4) is 17.1 Å². The average molecular weight is 350 g/mol. The van der Waals surface area contributed by atoms with E-state index in [4.69, 9.17) is 4.74 Å². The van der Waals surface area contributed by atoms with Crippen LogP contribution in [0.5, 0.6) is 0 Å². The van der Waals surface area contributed by atoms with Gasteiger partial charge in [0.1, 0.15) is 11.9 Å². The van der Waals surface area contributed by atoms with Crippen molar-refractivity contribution < 1.29 is 9.53 Å². The number of amides is 1. The monoisotopic (exact) mass is 350 g/mol. The second-order valence-electron chi connectivity index (χ2n) is 7.05. The number of rotatable bonds is 3. The number of ether oxygens (including phenoxy) is 1. The molecule has 6 nitrogen and oxygen atoms in total. The zero-order valence-corrected chi connectivity index (χ0v) is 15.4. The third-order valence-corrected chi connectivity index (χ3v) is 3.58. The van der Waals surface area contributed by atoms with Gasteiger partial charge in [-0.1, -0.05) is 17.7 Å². The number of carbonyl (C=O) groups excluding carboxylic acids is 1. The second kappa shape index (κ2) is 7.00. The Bertz CT molecular complexity index is 891. The molecular weight excluding hydrogens is 328 g/mol. The second-order valence-corrected chi connectivity index (χ2v) is 7.05. The predicted octanol–water partition coefficient (Wildman–Crippen LogP) is 4.59. The van der Waals surface area contributed by atoms with E-state index >= 15 is 0 Å². The summed E-state index contributed by atoms with van der Waals surface area (Å²) in [7, 11) is 0. The SMILES string of the molecule is Cc1ccc(-n2cnc(-c3ccc(NC(=O)OC(C)(C)C)cc3)n2)cc1. The summed E-state index contributed by atoms with van der Waals surface area (Å²) in [6, 6.07) is 15.4. The van der Waals surface area contributed by atoms with Gasteiger partial charge in [-0.05, 0) is 64.1 Å². The highest BCUT2D eigenvalue weighted by Gasteiger charge is 2.16. The normalized spacial score (nSPS) is 11.2. The maximum absolute atomic E-state index is 11.8. The highest BCUT2D eigenvalue weighted by molar-refractivity contribution is 5.85. The fourth-order valence-electron chi connectivity index (χ4n) is 2.34. The van der Waals surface area contributed by atoms with E-state index in [1.807, 2.05) is 64.1 Å². The van der Waals surface area contributed by atoms with E-state index in [-0.39, 0.29) is 0 Å². The summed E-state index contributed by atoms with van der Waals surface area (Å²) in [5, 5.41) is 7.22. The van der Waals surface area contributed by atoms with Gasteiger partial charge in [0.15, 0.2) is 5.82 Å². The molecule has 0 aliphatic rings. The van der Waals surface area contributed by atoms with Crippen LogP contribution < -0.4 is 5.32 Å². The Kier molecular flexibility index (Phi) is 4.75. The standard InChI is InChI=1S/C20H22N4O2/c1-14-5-11-17(12-6-14)24-13-21-18(23-24)15-7-9-16(10-8-15)22-19(25)26-20(2,3)4/h5-13H,1-4H3,(H,22,25). The number of aryl methyl sites for hydroxylation is 1. The first-order valence-electron chi connectivity index (χ1n) is 8.39. The van der Waals surface area contributed by atoms with Gasteiger partial charge >= 0.3 is 6.09 Å². The van der Waals surface area contributed by atoms with Crippen LogP contribution in [-0.2, 0) is 4.74 Å². The van der Waals surface area contributed by atoms with Crippen LogP contribution in [0.2, 0.25) is 0 Å². The number of carbonyl (C=O) groups is 1. The van der Waals surface area contributed by atoms with E-state index in [1.54, 1.807) is 23.1 Å². The van der Waals surface area contributed by atoms with Gasteiger partial charge in [0.05, 0.1) is 5.69 Å². The topological polar surface area (TPSA) is 69.0 Å². The Hall–Kier alpha value is -3.15. The molecule has 6 heteroatoms. The van der Waals surface area contributed by atoms with E-state index < -0.39 is 11.7 Å². The van der Waals surface area contributed by atoms with E-state index in [0.717, 1.165) is 11.3 Å². The molecule has 1 heterocycles. The van der Waals surface area contributed by atoms with Crippen LogP contribution in [0, 0.1) is 6.92 Å². The summed E-state index contributed by atoms with van der Waals surface area (Å²) >= 11 is 0. The molecule has 26 heavy (non-hydrogen) atoms. The van der Waals surface area contributed by atoms with Crippen LogP contribution in [0.3, 0.4) is 0 Å². The van der Waals surface area contributed by atoms with Gasteiger partial charge in [0.2, 0.25) is 0 Å². The van der Waals surface area contributed by atoms with E-state index in [0.29, 0.717) is 11.5 Å². The van der Waals surface area contributed by atoms with Crippen LogP contribution in [0.25, 0.3) is 17.1 Å². The van der Waals surface area contributed by atoms with Crippen molar-refractivity contribution in [2.24, 2.45) is 0 Å². The number of hydrogen-bond acceptors (Lipinski definition) is 4. The number of benzene rings is 2. The minimum absolute atomic E-state index is 0.480. The molecule has 0 unspecified atom stereocenters. The highest BCUT2D eigenvalue weighted by Crippen LogP contribution is 2.19. The van der Waals surface area contributed by atoms with Gasteiger partial charge in [0.25, 0.3) is 0 Å². The Morgan fingerprint density at radius 1 is 1.04 bits per heavy atom. The maximum Gasteiger partial charge on any atom is 0.412 e. The molecule has 0 saturated carbocycles. The van der Waals surface area contributed by atoms with Gasteiger partial charge < -0.3 is 4.74 Å². The molecule has 0 spiro atoms. The lowest BCUT2D eigenvalue weighted by molar-refractivity contribution is 0.0636. The molecule has 0 atom stereocenters. The zero-order chi connectivity index (χ0) is 18.7. The lowest BCUT2D eigenvalue weighted by atomic mass is 10.2. The molecule has 3 aromatic rings. The van der Waals surface area contributed by atoms with Crippen molar-refractivity contribution in [3.63, 3.8) is 0 Å². The predicted molar refractivity (Wildman–Crippen MR) is 101 cm³/mol. The molecular formula is C20H22N4O2. The summed E-state index contributed by atoms with van der Waals surface area (Å²) in [6.07, 6.45) is 1.21. The van der Waals surface area contributed by atoms with E-state index in [1.165, 1.54) is 5.56 Å². The Morgan fingerprint density at radius 2 is 1.69 bits per heavy atom. The Balaban J connectivity index is 1.71. The summed E-state index contributed by atoms with van der Waals surface area (Å²) in [5.74, 6) is 0.620. The number of aromatic nitrogens is 3. The molecule has 1 amide bonds. The van der Waals surface area contributed by atoms with Crippen molar-refractivity contribution in [1.29, 1.82) is 0 Å². The largest absolute Gasteiger partial charge is 0.444 e. The molecule has 0 aliphatic heterocycles. The summed E-state index contributed by atoms with van der Waals surface area (Å²) in [4.78, 5) is 16.2. The molecule has 0 saturated heterocycles. The molecule has 1 N–H and O–H groups in total. The van der Waals surface area contributed by atoms with Crippen LogP contribution >= 0.6 is 0 Å². The van der Waals surface area contributed by atoms with Crippen molar-refractivity contribution in [1.82, 2.24) is 14.8 Å². The first-order valence-corrected chi connectivity index (χ1v) is 8.39. The van der Waals surface area contributed by atoms with Crippen LogP contribution in [0.1, 0.15) is 26.3 Å². The van der Waals surface area contributed by atoms with Gasteiger partial charge in [-0.3, -0.25) is 5.32 Å². The lowest BCUT2D eigenvalue weighted by Crippen LogP contribution is -2.27. The molecule has 3 rings (SSSR count). The van der Waals surface area contributed by atoms with E-state index in [9.17, 15) is 4.79 Å². The van der Waals surface area contributed by atoms with Crippen molar-refractivity contribution in [2.75, 3.05) is 5.32 Å². The van der Waals surface area contributed by atoms with Crippen molar-refractivity contribution in [2.45, 2.75) is 33.3 Å². The first-order chi connectivity index (χ1) is 12.3. The molecule has 0 radical (unpaired) electrons. The quantitative estimate of drug-likeness (QED) is 0.750. The van der Waals surface area contributed by atoms with Crippen LogP contribution in [0.15, 0.2) is 54.9 Å². The minimum atomic E-state index is -0.531. The van der Waals surface area contributed by atoms with Gasteiger partial charge in [-0.25, -0.2) is 14.5 Å². The Labute approximate surface area is 152 Å². The number of hydrogen-bond donors (Lipinski definition) is 1. The third-order valence-electron chi connectivity index (χ3n) is 3.58. The number of anilines is 1. The van der Waals surface area contributed by atoms with Gasteiger partial charge in [-0.2, -0.15) is 0 Å². The van der Waals surface area contributed by atoms with Crippen molar-refractivity contribution >= 4 is 11.8 Å². The molecule has 0 bridgehead atoms. The minimum Gasteiger partial charge on any atom is -0.444 e. The fourth-order valence-corrected chi connectivity index (χ4v) is 2.34.